The average Bonchev–Trinajstić information content (AvgIpc) is 3.08. The number of esters is 1. The zero-order valence-electron chi connectivity index (χ0n) is 15.8. The Hall–Kier alpha value is -2.82. The molecule has 1 fully saturated rings. The summed E-state index contributed by atoms with van der Waals surface area (Å²) < 4.78 is 10.9. The fourth-order valence-corrected chi connectivity index (χ4v) is 3.23. The first kappa shape index (κ1) is 19.0. The molecule has 27 heavy (non-hydrogen) atoms. The second-order valence-corrected chi connectivity index (χ2v) is 6.86. The molecule has 5 nitrogen and oxygen atoms in total. The Kier molecular flexibility index (Phi) is 6.12. The second kappa shape index (κ2) is 8.71. The summed E-state index contributed by atoms with van der Waals surface area (Å²) in [5, 5.41) is 0. The van der Waals surface area contributed by atoms with E-state index in [4.69, 9.17) is 9.47 Å². The van der Waals surface area contributed by atoms with Crippen molar-refractivity contribution in [3.8, 4) is 5.75 Å². The first-order valence-electron chi connectivity index (χ1n) is 9.25. The molecule has 0 aromatic heterocycles. The molecule has 0 N–H and O–H groups in total. The van der Waals surface area contributed by atoms with Gasteiger partial charge in [0.15, 0.2) is 0 Å². The van der Waals surface area contributed by atoms with Crippen molar-refractivity contribution in [2.24, 2.45) is 5.92 Å². The number of ether oxygens (including phenoxy) is 2. The van der Waals surface area contributed by atoms with Crippen molar-refractivity contribution in [1.29, 1.82) is 0 Å². The van der Waals surface area contributed by atoms with E-state index in [-0.39, 0.29) is 30.9 Å². The highest BCUT2D eigenvalue weighted by Gasteiger charge is 2.37. The van der Waals surface area contributed by atoms with Crippen LogP contribution in [0.2, 0.25) is 0 Å². The number of rotatable bonds is 7. The number of aryl methyl sites for hydroxylation is 1. The van der Waals surface area contributed by atoms with Crippen LogP contribution in [0.25, 0.3) is 0 Å². The summed E-state index contributed by atoms with van der Waals surface area (Å²) in [5.74, 6) is -0.0126. The average molecular weight is 367 g/mol. The molecule has 0 bridgehead atoms. The van der Waals surface area contributed by atoms with Gasteiger partial charge in [-0.2, -0.15) is 0 Å². The fourth-order valence-electron chi connectivity index (χ4n) is 3.23. The number of amides is 1. The van der Waals surface area contributed by atoms with Crippen LogP contribution in [0.15, 0.2) is 54.6 Å². The molecule has 0 spiro atoms. The minimum Gasteiger partial charge on any atom is -0.490 e. The first-order valence-corrected chi connectivity index (χ1v) is 9.25. The van der Waals surface area contributed by atoms with Crippen LogP contribution in [0.1, 0.15) is 30.5 Å². The van der Waals surface area contributed by atoms with Crippen molar-refractivity contribution in [2.75, 3.05) is 19.8 Å². The van der Waals surface area contributed by atoms with Crippen LogP contribution >= 0.6 is 0 Å². The van der Waals surface area contributed by atoms with Gasteiger partial charge in [-0.05, 0) is 31.5 Å². The minimum absolute atomic E-state index is 0.00999. The Morgan fingerprint density at radius 3 is 2.52 bits per heavy atom. The van der Waals surface area contributed by atoms with Gasteiger partial charge < -0.3 is 14.4 Å². The normalized spacial score (nSPS) is 17.6. The summed E-state index contributed by atoms with van der Waals surface area (Å²) in [6.45, 7) is 4.85. The van der Waals surface area contributed by atoms with Gasteiger partial charge in [0.1, 0.15) is 19.0 Å². The predicted molar refractivity (Wildman–Crippen MR) is 102 cm³/mol. The smallest absolute Gasteiger partial charge is 0.311 e. The number of carbonyl (C=O) groups is 2. The lowest BCUT2D eigenvalue weighted by atomic mass is 10.1. The van der Waals surface area contributed by atoms with Gasteiger partial charge in [-0.1, -0.05) is 48.0 Å². The van der Waals surface area contributed by atoms with Crippen LogP contribution < -0.4 is 4.74 Å². The third-order valence-electron chi connectivity index (χ3n) is 4.86. The summed E-state index contributed by atoms with van der Waals surface area (Å²) in [7, 11) is 0. The molecule has 0 aliphatic carbocycles. The molecule has 0 radical (unpaired) electrons. The van der Waals surface area contributed by atoms with Crippen molar-refractivity contribution in [1.82, 2.24) is 4.90 Å². The quantitative estimate of drug-likeness (QED) is 0.555. The maximum Gasteiger partial charge on any atom is 0.311 e. The molecule has 1 amide bonds. The van der Waals surface area contributed by atoms with E-state index in [2.05, 4.69) is 0 Å². The van der Waals surface area contributed by atoms with Gasteiger partial charge in [-0.3, -0.25) is 9.59 Å². The highest BCUT2D eigenvalue weighted by molar-refractivity contribution is 5.87. The van der Waals surface area contributed by atoms with Crippen molar-refractivity contribution in [3.05, 3.63) is 65.7 Å². The molecule has 142 valence electrons. The Balaban J connectivity index is 1.45. The van der Waals surface area contributed by atoms with Crippen LogP contribution in [0.5, 0.6) is 5.75 Å². The summed E-state index contributed by atoms with van der Waals surface area (Å²) in [6, 6.07) is 17.5. The number of likely N-dealkylation sites (tertiary alicyclic amines) is 1. The summed E-state index contributed by atoms with van der Waals surface area (Å²) in [4.78, 5) is 26.4. The maximum absolute atomic E-state index is 12.3. The molecule has 1 aliphatic heterocycles. The Bertz CT molecular complexity index is 773. The summed E-state index contributed by atoms with van der Waals surface area (Å²) >= 11 is 0. The maximum atomic E-state index is 12.3. The highest BCUT2D eigenvalue weighted by atomic mass is 16.6. The lowest BCUT2D eigenvalue weighted by molar-refractivity contribution is -0.149. The van der Waals surface area contributed by atoms with E-state index in [1.807, 2.05) is 68.4 Å². The van der Waals surface area contributed by atoms with Crippen LogP contribution in [-0.4, -0.2) is 36.5 Å². The molecule has 0 unspecified atom stereocenters. The van der Waals surface area contributed by atoms with Gasteiger partial charge in [0, 0.05) is 13.0 Å². The van der Waals surface area contributed by atoms with E-state index in [9.17, 15) is 9.59 Å². The zero-order valence-corrected chi connectivity index (χ0v) is 15.8. The third kappa shape index (κ3) is 4.88. The molecule has 2 aromatic carbocycles. The molecular weight excluding hydrogens is 342 g/mol. The van der Waals surface area contributed by atoms with Crippen molar-refractivity contribution in [2.45, 2.75) is 26.3 Å². The summed E-state index contributed by atoms with van der Waals surface area (Å²) in [6.07, 6.45) is 0.203. The first-order chi connectivity index (χ1) is 13.0. The number of carbonyl (C=O) groups excluding carboxylic acids is 2. The molecule has 1 aliphatic rings. The molecule has 1 saturated heterocycles. The summed E-state index contributed by atoms with van der Waals surface area (Å²) in [5.41, 5.74) is 2.22. The number of hydrogen-bond donors (Lipinski definition) is 0. The van der Waals surface area contributed by atoms with Gasteiger partial charge in [0.25, 0.3) is 0 Å². The predicted octanol–water partition coefficient (Wildman–Crippen LogP) is 3.53. The Morgan fingerprint density at radius 1 is 1.11 bits per heavy atom. The largest absolute Gasteiger partial charge is 0.490 e. The van der Waals surface area contributed by atoms with Gasteiger partial charge in [-0.15, -0.1) is 0 Å². The molecule has 2 aromatic rings. The van der Waals surface area contributed by atoms with Crippen LogP contribution in [0.3, 0.4) is 0 Å². The SMILES string of the molecule is Cc1ccc(OCCOC(=O)[C@@H]2CC(=O)N([C@H](C)c3ccccc3)C2)cc1. The van der Waals surface area contributed by atoms with Crippen molar-refractivity contribution in [3.63, 3.8) is 0 Å². The van der Waals surface area contributed by atoms with E-state index in [1.165, 1.54) is 0 Å². The van der Waals surface area contributed by atoms with Gasteiger partial charge >= 0.3 is 5.97 Å². The lowest BCUT2D eigenvalue weighted by Crippen LogP contribution is -2.29. The zero-order chi connectivity index (χ0) is 19.2. The third-order valence-corrected chi connectivity index (χ3v) is 4.86. The lowest BCUT2D eigenvalue weighted by Gasteiger charge is -2.25. The monoisotopic (exact) mass is 367 g/mol. The molecular formula is C22H25NO4. The highest BCUT2D eigenvalue weighted by Crippen LogP contribution is 2.28. The standard InChI is InChI=1S/C22H25NO4/c1-16-8-10-20(11-9-16)26-12-13-27-22(25)19-14-21(24)23(15-19)17(2)18-6-4-3-5-7-18/h3-11,17,19H,12-15H2,1-2H3/t17-,19-/m1/s1. The minimum atomic E-state index is -0.414. The number of nitrogens with zero attached hydrogens (tertiary/aromatic N) is 1. The Labute approximate surface area is 159 Å². The van der Waals surface area contributed by atoms with Crippen LogP contribution in [0, 0.1) is 12.8 Å². The molecule has 3 rings (SSSR count). The van der Waals surface area contributed by atoms with E-state index >= 15 is 0 Å². The Morgan fingerprint density at radius 2 is 1.81 bits per heavy atom. The number of hydrogen-bond acceptors (Lipinski definition) is 4. The van der Waals surface area contributed by atoms with Gasteiger partial charge in [0.2, 0.25) is 5.91 Å². The second-order valence-electron chi connectivity index (χ2n) is 6.86. The van der Waals surface area contributed by atoms with Gasteiger partial charge in [0.05, 0.1) is 12.0 Å². The topological polar surface area (TPSA) is 55.8 Å². The van der Waals surface area contributed by atoms with E-state index in [1.54, 1.807) is 4.90 Å². The van der Waals surface area contributed by atoms with E-state index < -0.39 is 5.92 Å². The fraction of sp³-hybridized carbons (Fsp3) is 0.364. The molecule has 0 saturated carbocycles. The molecule has 1 heterocycles. The van der Waals surface area contributed by atoms with Crippen molar-refractivity contribution >= 4 is 11.9 Å². The van der Waals surface area contributed by atoms with E-state index in [0.29, 0.717) is 13.2 Å². The number of benzene rings is 2. The van der Waals surface area contributed by atoms with Crippen molar-refractivity contribution < 1.29 is 19.1 Å². The van der Waals surface area contributed by atoms with E-state index in [0.717, 1.165) is 16.9 Å². The molecule has 2 atom stereocenters. The molecule has 5 heteroatoms. The van der Waals surface area contributed by atoms with Crippen LogP contribution in [-0.2, 0) is 14.3 Å². The van der Waals surface area contributed by atoms with Gasteiger partial charge in [-0.25, -0.2) is 0 Å². The van der Waals surface area contributed by atoms with Crippen LogP contribution in [0.4, 0.5) is 0 Å².